The third-order valence-corrected chi connectivity index (χ3v) is 2.14. The van der Waals surface area contributed by atoms with E-state index in [1.165, 1.54) is 6.07 Å². The molecule has 1 aromatic carbocycles. The Hall–Kier alpha value is -1.56. The number of halogens is 2. The minimum atomic E-state index is -0.772. The second-order valence-electron chi connectivity index (χ2n) is 3.72. The zero-order chi connectivity index (χ0) is 13.0. The molecule has 0 bridgehead atoms. The van der Waals surface area contributed by atoms with Gasteiger partial charge in [-0.3, -0.25) is 4.79 Å². The van der Waals surface area contributed by atoms with Crippen LogP contribution in [0.2, 0.25) is 0 Å². The quantitative estimate of drug-likeness (QED) is 0.800. The molecule has 6 heteroatoms. The molecular formula is C11H12F2N2OS. The normalized spacial score (nSPS) is 10.2. The molecule has 0 aliphatic carbocycles. The highest BCUT2D eigenvalue weighted by molar-refractivity contribution is 7.80. The van der Waals surface area contributed by atoms with E-state index < -0.39 is 11.6 Å². The fraction of sp³-hybridized carbons (Fsp3) is 0.273. The van der Waals surface area contributed by atoms with Crippen molar-refractivity contribution in [1.29, 1.82) is 0 Å². The van der Waals surface area contributed by atoms with Crippen molar-refractivity contribution in [3.8, 4) is 0 Å². The van der Waals surface area contributed by atoms with Gasteiger partial charge in [-0.1, -0.05) is 13.8 Å². The summed E-state index contributed by atoms with van der Waals surface area (Å²) < 4.78 is 25.9. The molecule has 2 N–H and O–H groups in total. The number of carbonyl (C=O) groups excluding carboxylic acids is 1. The SMILES string of the molecule is CC(C)C(=O)NC(=S)Nc1ccc(F)cc1F. The van der Waals surface area contributed by atoms with Crippen LogP contribution in [0.4, 0.5) is 14.5 Å². The van der Waals surface area contributed by atoms with Crippen LogP contribution >= 0.6 is 12.2 Å². The molecule has 0 fully saturated rings. The van der Waals surface area contributed by atoms with E-state index >= 15 is 0 Å². The van der Waals surface area contributed by atoms with E-state index in [0.717, 1.165) is 12.1 Å². The van der Waals surface area contributed by atoms with Crippen LogP contribution in [-0.4, -0.2) is 11.0 Å². The van der Waals surface area contributed by atoms with Gasteiger partial charge in [0.05, 0.1) is 5.69 Å². The van der Waals surface area contributed by atoms with Gasteiger partial charge in [0.2, 0.25) is 5.91 Å². The molecular weight excluding hydrogens is 246 g/mol. The molecule has 0 spiro atoms. The molecule has 0 aliphatic rings. The first-order valence-corrected chi connectivity index (χ1v) is 5.38. The lowest BCUT2D eigenvalue weighted by atomic mass is 10.2. The van der Waals surface area contributed by atoms with E-state index in [4.69, 9.17) is 12.2 Å². The summed E-state index contributed by atoms with van der Waals surface area (Å²) in [5.74, 6) is -1.95. The number of benzene rings is 1. The Morgan fingerprint density at radius 1 is 1.35 bits per heavy atom. The molecule has 1 aromatic rings. The van der Waals surface area contributed by atoms with Crippen LogP contribution in [-0.2, 0) is 4.79 Å². The van der Waals surface area contributed by atoms with Gasteiger partial charge in [-0.25, -0.2) is 8.78 Å². The maximum atomic E-state index is 13.2. The first-order valence-electron chi connectivity index (χ1n) is 4.97. The predicted molar refractivity (Wildman–Crippen MR) is 65.6 cm³/mol. The number of hydrogen-bond acceptors (Lipinski definition) is 2. The second kappa shape index (κ2) is 5.67. The number of carbonyl (C=O) groups is 1. The highest BCUT2D eigenvalue weighted by Crippen LogP contribution is 2.14. The van der Waals surface area contributed by atoms with Gasteiger partial charge >= 0.3 is 0 Å². The van der Waals surface area contributed by atoms with E-state index in [2.05, 4.69) is 10.6 Å². The Morgan fingerprint density at radius 2 is 2.00 bits per heavy atom. The average molecular weight is 258 g/mol. The molecule has 17 heavy (non-hydrogen) atoms. The van der Waals surface area contributed by atoms with Crippen LogP contribution in [0.25, 0.3) is 0 Å². The third kappa shape index (κ3) is 4.07. The predicted octanol–water partition coefficient (Wildman–Crippen LogP) is 2.43. The van der Waals surface area contributed by atoms with Crippen LogP contribution in [0.15, 0.2) is 18.2 Å². The summed E-state index contributed by atoms with van der Waals surface area (Å²) in [6, 6.07) is 3.03. The summed E-state index contributed by atoms with van der Waals surface area (Å²) in [7, 11) is 0. The van der Waals surface area contributed by atoms with Gasteiger partial charge in [-0.15, -0.1) is 0 Å². The van der Waals surface area contributed by atoms with Crippen LogP contribution in [0.3, 0.4) is 0 Å². The lowest BCUT2D eigenvalue weighted by Crippen LogP contribution is -2.36. The van der Waals surface area contributed by atoms with E-state index in [1.54, 1.807) is 13.8 Å². The standard InChI is InChI=1S/C11H12F2N2OS/c1-6(2)10(16)15-11(17)14-9-4-3-7(12)5-8(9)13/h3-6H,1-2H3,(H2,14,15,16,17). The molecule has 1 amide bonds. The van der Waals surface area contributed by atoms with E-state index in [-0.39, 0.29) is 22.6 Å². The minimum absolute atomic E-state index is 0.0143. The zero-order valence-electron chi connectivity index (χ0n) is 9.38. The maximum Gasteiger partial charge on any atom is 0.228 e. The summed E-state index contributed by atoms with van der Waals surface area (Å²) in [5, 5.41) is 4.85. The molecule has 1 rings (SSSR count). The van der Waals surface area contributed by atoms with Crippen LogP contribution in [0.1, 0.15) is 13.8 Å². The minimum Gasteiger partial charge on any atom is -0.330 e. The second-order valence-corrected chi connectivity index (χ2v) is 4.13. The van der Waals surface area contributed by atoms with Crippen molar-refractivity contribution in [3.63, 3.8) is 0 Å². The number of thiocarbonyl (C=S) groups is 1. The molecule has 0 aliphatic heterocycles. The molecule has 0 unspecified atom stereocenters. The molecule has 0 aromatic heterocycles. The molecule has 92 valence electrons. The van der Waals surface area contributed by atoms with E-state index in [0.29, 0.717) is 0 Å². The summed E-state index contributed by atoms with van der Waals surface area (Å²) in [4.78, 5) is 11.3. The summed E-state index contributed by atoms with van der Waals surface area (Å²) >= 11 is 4.82. The summed E-state index contributed by atoms with van der Waals surface area (Å²) in [5.41, 5.74) is 0.0143. The van der Waals surface area contributed by atoms with Gasteiger partial charge in [-0.05, 0) is 24.4 Å². The van der Waals surface area contributed by atoms with Crippen molar-refractivity contribution in [2.45, 2.75) is 13.8 Å². The highest BCUT2D eigenvalue weighted by atomic mass is 32.1. The first kappa shape index (κ1) is 13.5. The largest absolute Gasteiger partial charge is 0.330 e. The number of anilines is 1. The zero-order valence-corrected chi connectivity index (χ0v) is 10.2. The Kier molecular flexibility index (Phi) is 4.51. The Morgan fingerprint density at radius 3 is 2.53 bits per heavy atom. The van der Waals surface area contributed by atoms with E-state index in [9.17, 15) is 13.6 Å². The van der Waals surface area contributed by atoms with Crippen molar-refractivity contribution in [1.82, 2.24) is 5.32 Å². The van der Waals surface area contributed by atoms with Crippen LogP contribution in [0.5, 0.6) is 0 Å². The molecule has 0 heterocycles. The third-order valence-electron chi connectivity index (χ3n) is 1.94. The van der Waals surface area contributed by atoms with Gasteiger partial charge in [0.15, 0.2) is 5.11 Å². The van der Waals surface area contributed by atoms with Crippen molar-refractivity contribution < 1.29 is 13.6 Å². The summed E-state index contributed by atoms with van der Waals surface area (Å²) in [6.45, 7) is 3.41. The Labute approximate surface area is 103 Å². The lowest BCUT2D eigenvalue weighted by Gasteiger charge is -2.11. The number of amides is 1. The van der Waals surface area contributed by atoms with Crippen LogP contribution in [0, 0.1) is 17.6 Å². The first-order chi connectivity index (χ1) is 7.90. The fourth-order valence-corrected chi connectivity index (χ4v) is 1.21. The van der Waals surface area contributed by atoms with Gasteiger partial charge in [-0.2, -0.15) is 0 Å². The summed E-state index contributed by atoms with van der Waals surface area (Å²) in [6.07, 6.45) is 0. The van der Waals surface area contributed by atoms with Crippen molar-refractivity contribution >= 4 is 28.9 Å². The smallest absolute Gasteiger partial charge is 0.228 e. The Bertz CT molecular complexity index is 449. The van der Waals surface area contributed by atoms with Gasteiger partial charge < -0.3 is 10.6 Å². The highest BCUT2D eigenvalue weighted by Gasteiger charge is 2.10. The molecule has 0 atom stereocenters. The van der Waals surface area contributed by atoms with E-state index in [1.807, 2.05) is 0 Å². The molecule has 0 saturated heterocycles. The maximum absolute atomic E-state index is 13.2. The fourth-order valence-electron chi connectivity index (χ4n) is 1.00. The molecule has 0 radical (unpaired) electrons. The Balaban J connectivity index is 2.65. The van der Waals surface area contributed by atoms with Gasteiger partial charge in [0.1, 0.15) is 11.6 Å². The van der Waals surface area contributed by atoms with Crippen molar-refractivity contribution in [2.75, 3.05) is 5.32 Å². The number of hydrogen-bond donors (Lipinski definition) is 2. The average Bonchev–Trinajstić information content (AvgIpc) is 2.22. The molecule has 0 saturated carbocycles. The van der Waals surface area contributed by atoms with Crippen LogP contribution < -0.4 is 10.6 Å². The lowest BCUT2D eigenvalue weighted by molar-refractivity contribution is -0.122. The van der Waals surface area contributed by atoms with Gasteiger partial charge in [0, 0.05) is 12.0 Å². The number of nitrogens with one attached hydrogen (secondary N) is 2. The molecule has 3 nitrogen and oxygen atoms in total. The topological polar surface area (TPSA) is 41.1 Å². The van der Waals surface area contributed by atoms with Crippen molar-refractivity contribution in [3.05, 3.63) is 29.8 Å². The number of rotatable bonds is 2. The monoisotopic (exact) mass is 258 g/mol. The van der Waals surface area contributed by atoms with Crippen molar-refractivity contribution in [2.24, 2.45) is 5.92 Å². The van der Waals surface area contributed by atoms with Gasteiger partial charge in [0.25, 0.3) is 0 Å².